The number of hydrogen-bond donors (Lipinski definition) is 2. The Morgan fingerprint density at radius 3 is 2.94 bits per heavy atom. The van der Waals surface area contributed by atoms with Crippen LogP contribution in [0.25, 0.3) is 0 Å². The van der Waals surface area contributed by atoms with Crippen molar-refractivity contribution in [3.8, 4) is 0 Å². The third kappa shape index (κ3) is 2.89. The summed E-state index contributed by atoms with van der Waals surface area (Å²) in [5, 5.41) is 0. The van der Waals surface area contributed by atoms with Gasteiger partial charge < -0.3 is 15.2 Å². The summed E-state index contributed by atoms with van der Waals surface area (Å²) in [6, 6.07) is 3.68. The minimum Gasteiger partial charge on any atom is -0.365 e. The molecule has 2 rings (SSSR count). The van der Waals surface area contributed by atoms with Gasteiger partial charge in [-0.1, -0.05) is 0 Å². The van der Waals surface area contributed by atoms with Crippen LogP contribution in [-0.4, -0.2) is 42.5 Å². The van der Waals surface area contributed by atoms with E-state index < -0.39 is 0 Å². The topological polar surface area (TPSA) is 74.5 Å². The number of nitrogen functional groups attached to an aromatic ring is 1. The summed E-state index contributed by atoms with van der Waals surface area (Å²) in [5.74, 6) is 6.08. The number of anilines is 2. The largest absolute Gasteiger partial charge is 0.365 e. The number of likely N-dealkylation sites (tertiary alicyclic amines) is 1. The van der Waals surface area contributed by atoms with Gasteiger partial charge in [-0.05, 0) is 18.9 Å². The van der Waals surface area contributed by atoms with Gasteiger partial charge in [0.25, 0.3) is 0 Å². The lowest BCUT2D eigenvalue weighted by atomic mass is 10.3. The molecule has 6 heteroatoms. The van der Waals surface area contributed by atoms with Crippen molar-refractivity contribution in [3.05, 3.63) is 18.3 Å². The molecule has 1 amide bonds. The molecule has 0 aliphatic carbocycles. The molecule has 2 heterocycles. The second-order valence-electron chi connectivity index (χ2n) is 4.49. The first kappa shape index (κ1) is 12.6. The summed E-state index contributed by atoms with van der Waals surface area (Å²) in [4.78, 5) is 19.9. The monoisotopic (exact) mass is 249 g/mol. The molecule has 0 spiro atoms. The second-order valence-corrected chi connectivity index (χ2v) is 4.49. The van der Waals surface area contributed by atoms with Gasteiger partial charge in [0.2, 0.25) is 5.91 Å². The molecule has 0 radical (unpaired) electrons. The molecule has 1 saturated heterocycles. The third-order valence-corrected chi connectivity index (χ3v) is 3.16. The van der Waals surface area contributed by atoms with Gasteiger partial charge in [-0.3, -0.25) is 4.79 Å². The van der Waals surface area contributed by atoms with E-state index in [2.05, 4.69) is 10.4 Å². The summed E-state index contributed by atoms with van der Waals surface area (Å²) in [6.45, 7) is 2.16. The van der Waals surface area contributed by atoms with Crippen LogP contribution in [0, 0.1) is 0 Å². The number of carbonyl (C=O) groups excluding carboxylic acids is 1. The van der Waals surface area contributed by atoms with E-state index in [9.17, 15) is 4.79 Å². The van der Waals surface area contributed by atoms with Crippen molar-refractivity contribution in [2.75, 3.05) is 37.0 Å². The van der Waals surface area contributed by atoms with Gasteiger partial charge in [0.1, 0.15) is 5.82 Å². The van der Waals surface area contributed by atoms with E-state index in [0.29, 0.717) is 12.4 Å². The Kier molecular flexibility index (Phi) is 3.99. The zero-order valence-corrected chi connectivity index (χ0v) is 10.6. The molecule has 0 aromatic carbocycles. The minimum absolute atomic E-state index is 0.175. The number of hydrazine groups is 1. The summed E-state index contributed by atoms with van der Waals surface area (Å²) in [5.41, 5.74) is 3.42. The van der Waals surface area contributed by atoms with E-state index >= 15 is 0 Å². The number of amides is 1. The summed E-state index contributed by atoms with van der Waals surface area (Å²) < 4.78 is 0. The van der Waals surface area contributed by atoms with Gasteiger partial charge in [0, 0.05) is 38.1 Å². The number of nitrogens with two attached hydrogens (primary N) is 1. The molecule has 1 aliphatic heterocycles. The van der Waals surface area contributed by atoms with Crippen molar-refractivity contribution in [3.63, 3.8) is 0 Å². The third-order valence-electron chi connectivity index (χ3n) is 3.16. The lowest BCUT2D eigenvalue weighted by Crippen LogP contribution is -2.37. The lowest BCUT2D eigenvalue weighted by molar-refractivity contribution is -0.128. The molecule has 6 nitrogen and oxygen atoms in total. The minimum atomic E-state index is 0.175. The molecule has 18 heavy (non-hydrogen) atoms. The second kappa shape index (κ2) is 5.68. The van der Waals surface area contributed by atoms with E-state index in [-0.39, 0.29) is 5.91 Å². The maximum atomic E-state index is 12.0. The molecule has 0 saturated carbocycles. The number of hydrogen-bond acceptors (Lipinski definition) is 5. The number of pyridine rings is 1. The normalized spacial score (nSPS) is 14.7. The number of rotatable bonds is 4. The highest BCUT2D eigenvalue weighted by Crippen LogP contribution is 2.16. The maximum absolute atomic E-state index is 12.0. The fourth-order valence-electron chi connectivity index (χ4n) is 2.10. The quantitative estimate of drug-likeness (QED) is 0.598. The first-order valence-electron chi connectivity index (χ1n) is 6.12. The van der Waals surface area contributed by atoms with Crippen LogP contribution in [0.2, 0.25) is 0 Å². The molecular formula is C12H19N5O. The lowest BCUT2D eigenvalue weighted by Gasteiger charge is -2.23. The Labute approximate surface area is 107 Å². The van der Waals surface area contributed by atoms with Crippen molar-refractivity contribution in [1.82, 2.24) is 9.88 Å². The van der Waals surface area contributed by atoms with Gasteiger partial charge in [0.05, 0.1) is 6.54 Å². The van der Waals surface area contributed by atoms with E-state index in [0.717, 1.165) is 31.6 Å². The summed E-state index contributed by atoms with van der Waals surface area (Å²) >= 11 is 0. The van der Waals surface area contributed by atoms with Gasteiger partial charge in [-0.15, -0.1) is 0 Å². The number of nitrogens with one attached hydrogen (secondary N) is 1. The highest BCUT2D eigenvalue weighted by Gasteiger charge is 2.19. The fraction of sp³-hybridized carbons (Fsp3) is 0.500. The van der Waals surface area contributed by atoms with Crippen molar-refractivity contribution >= 4 is 17.4 Å². The molecule has 0 atom stereocenters. The van der Waals surface area contributed by atoms with Crippen LogP contribution in [-0.2, 0) is 4.79 Å². The average molecular weight is 249 g/mol. The van der Waals surface area contributed by atoms with Gasteiger partial charge >= 0.3 is 0 Å². The van der Waals surface area contributed by atoms with Crippen LogP contribution in [0.5, 0.6) is 0 Å². The molecule has 98 valence electrons. The predicted molar refractivity (Wildman–Crippen MR) is 71.1 cm³/mol. The molecule has 1 aromatic rings. The maximum Gasteiger partial charge on any atom is 0.242 e. The molecule has 1 aromatic heterocycles. The molecule has 0 bridgehead atoms. The van der Waals surface area contributed by atoms with Gasteiger partial charge in [-0.2, -0.15) is 0 Å². The fourth-order valence-corrected chi connectivity index (χ4v) is 2.10. The standard InChI is InChI=1S/C12H19N5O/c1-16(9-12(18)17-6-2-3-7-17)10-4-5-14-11(8-10)15-13/h4-5,8H,2-3,6-7,9,13H2,1H3,(H,14,15). The highest BCUT2D eigenvalue weighted by atomic mass is 16.2. The zero-order chi connectivity index (χ0) is 13.0. The average Bonchev–Trinajstić information content (AvgIpc) is 2.92. The predicted octanol–water partition coefficient (Wildman–Crippen LogP) is 0.426. The molecule has 0 unspecified atom stereocenters. The Morgan fingerprint density at radius 2 is 2.28 bits per heavy atom. The van der Waals surface area contributed by atoms with Crippen molar-refractivity contribution in [2.24, 2.45) is 5.84 Å². The van der Waals surface area contributed by atoms with Crippen LogP contribution in [0.15, 0.2) is 18.3 Å². The van der Waals surface area contributed by atoms with E-state index in [4.69, 9.17) is 5.84 Å². The first-order valence-corrected chi connectivity index (χ1v) is 6.12. The Balaban J connectivity index is 1.97. The Bertz CT molecular complexity index is 417. The highest BCUT2D eigenvalue weighted by molar-refractivity contribution is 5.81. The van der Waals surface area contributed by atoms with Crippen LogP contribution in [0.4, 0.5) is 11.5 Å². The van der Waals surface area contributed by atoms with E-state index in [1.165, 1.54) is 0 Å². The van der Waals surface area contributed by atoms with Crippen LogP contribution < -0.4 is 16.2 Å². The van der Waals surface area contributed by atoms with Crippen molar-refractivity contribution in [2.45, 2.75) is 12.8 Å². The van der Waals surface area contributed by atoms with E-state index in [1.807, 2.05) is 29.0 Å². The van der Waals surface area contributed by atoms with Crippen LogP contribution >= 0.6 is 0 Å². The molecule has 3 N–H and O–H groups in total. The van der Waals surface area contributed by atoms with Gasteiger partial charge in [0.15, 0.2) is 0 Å². The number of aromatic nitrogens is 1. The molecule has 1 fully saturated rings. The smallest absolute Gasteiger partial charge is 0.242 e. The summed E-state index contributed by atoms with van der Waals surface area (Å²) in [7, 11) is 1.89. The summed E-state index contributed by atoms with van der Waals surface area (Å²) in [6.07, 6.45) is 3.90. The van der Waals surface area contributed by atoms with Crippen LogP contribution in [0.3, 0.4) is 0 Å². The Morgan fingerprint density at radius 1 is 1.56 bits per heavy atom. The first-order chi connectivity index (χ1) is 8.70. The Hall–Kier alpha value is -1.82. The van der Waals surface area contributed by atoms with Crippen molar-refractivity contribution in [1.29, 1.82) is 0 Å². The SMILES string of the molecule is CN(CC(=O)N1CCCC1)c1ccnc(NN)c1. The van der Waals surface area contributed by atoms with Gasteiger partial charge in [-0.25, -0.2) is 10.8 Å². The molecule has 1 aliphatic rings. The number of likely N-dealkylation sites (N-methyl/N-ethyl adjacent to an activating group) is 1. The zero-order valence-electron chi connectivity index (χ0n) is 10.6. The van der Waals surface area contributed by atoms with Crippen molar-refractivity contribution < 1.29 is 4.79 Å². The number of carbonyl (C=O) groups is 1. The number of nitrogens with zero attached hydrogens (tertiary/aromatic N) is 3. The van der Waals surface area contributed by atoms with Crippen LogP contribution in [0.1, 0.15) is 12.8 Å². The molecular weight excluding hydrogens is 230 g/mol. The van der Waals surface area contributed by atoms with E-state index in [1.54, 1.807) is 6.20 Å².